The molecule has 1 aromatic rings. The number of hydrogen-bond donors (Lipinski definition) is 0. The molecule has 5 heteroatoms. The van der Waals surface area contributed by atoms with Crippen molar-refractivity contribution in [2.24, 2.45) is 0 Å². The molecular formula is C15H20INO3. The van der Waals surface area contributed by atoms with E-state index in [2.05, 4.69) is 29.5 Å². The molecule has 0 aromatic heterocycles. The summed E-state index contributed by atoms with van der Waals surface area (Å²) >= 11 is 2.24. The molecule has 0 saturated heterocycles. The van der Waals surface area contributed by atoms with E-state index in [9.17, 15) is 4.79 Å². The first-order chi connectivity index (χ1) is 9.63. The van der Waals surface area contributed by atoms with E-state index in [1.807, 2.05) is 18.2 Å². The van der Waals surface area contributed by atoms with Gasteiger partial charge in [-0.15, -0.1) is 0 Å². The minimum atomic E-state index is -0.434. The zero-order valence-electron chi connectivity index (χ0n) is 11.9. The smallest absolute Gasteiger partial charge is 0.267 e. The highest BCUT2D eigenvalue weighted by molar-refractivity contribution is 14.1. The molecule has 1 aromatic carbocycles. The van der Waals surface area contributed by atoms with E-state index in [1.165, 1.54) is 0 Å². The molecular weight excluding hydrogens is 369 g/mol. The number of halogens is 1. The molecule has 0 aliphatic carbocycles. The lowest BCUT2D eigenvalue weighted by Crippen LogP contribution is -2.45. The maximum Gasteiger partial charge on any atom is 0.267 e. The summed E-state index contributed by atoms with van der Waals surface area (Å²) < 4.78 is 12.3. The van der Waals surface area contributed by atoms with Crippen LogP contribution in [0.25, 0.3) is 0 Å². The number of fused-ring (bicyclic) bond motifs is 1. The van der Waals surface area contributed by atoms with Gasteiger partial charge >= 0.3 is 0 Å². The Morgan fingerprint density at radius 2 is 2.20 bits per heavy atom. The maximum atomic E-state index is 12.2. The van der Waals surface area contributed by atoms with Gasteiger partial charge in [-0.25, -0.2) is 0 Å². The van der Waals surface area contributed by atoms with E-state index in [0.717, 1.165) is 34.5 Å². The minimum Gasteiger partial charge on any atom is -0.479 e. The van der Waals surface area contributed by atoms with E-state index in [0.29, 0.717) is 13.2 Å². The van der Waals surface area contributed by atoms with Gasteiger partial charge in [-0.3, -0.25) is 4.79 Å². The highest BCUT2D eigenvalue weighted by Crippen LogP contribution is 2.35. The van der Waals surface area contributed by atoms with Crippen LogP contribution in [0.5, 0.6) is 5.75 Å². The largest absolute Gasteiger partial charge is 0.479 e. The summed E-state index contributed by atoms with van der Waals surface area (Å²) in [6.45, 7) is 5.81. The molecule has 4 nitrogen and oxygen atoms in total. The number of carbonyl (C=O) groups is 1. The van der Waals surface area contributed by atoms with Crippen LogP contribution in [0.4, 0.5) is 5.69 Å². The lowest BCUT2D eigenvalue weighted by Gasteiger charge is -2.33. The standard InChI is InChI=1S/C15H20INO3/c1-3-4-8-19-9-7-17-13-6-5-12(16)10-14(13)20-11(2)15(17)18/h5-6,10-11H,3-4,7-9H2,1-2H3. The molecule has 0 fully saturated rings. The Bertz CT molecular complexity index is 478. The Labute approximate surface area is 133 Å². The minimum absolute atomic E-state index is 0.00204. The Morgan fingerprint density at radius 1 is 1.40 bits per heavy atom. The van der Waals surface area contributed by atoms with E-state index in [4.69, 9.17) is 9.47 Å². The van der Waals surface area contributed by atoms with Crippen LogP contribution in [-0.2, 0) is 9.53 Å². The molecule has 0 saturated carbocycles. The molecule has 1 aliphatic heterocycles. The molecule has 1 amide bonds. The molecule has 0 spiro atoms. The summed E-state index contributed by atoms with van der Waals surface area (Å²) in [6.07, 6.45) is 1.74. The van der Waals surface area contributed by atoms with E-state index in [1.54, 1.807) is 11.8 Å². The van der Waals surface area contributed by atoms with Gasteiger partial charge in [0.05, 0.1) is 12.3 Å². The van der Waals surface area contributed by atoms with Crippen LogP contribution in [0, 0.1) is 3.57 Å². The van der Waals surface area contributed by atoms with Crippen LogP contribution in [-0.4, -0.2) is 31.8 Å². The van der Waals surface area contributed by atoms with Crippen molar-refractivity contribution in [1.29, 1.82) is 0 Å². The second kappa shape index (κ2) is 7.26. The molecule has 1 unspecified atom stereocenters. The molecule has 0 bridgehead atoms. The Balaban J connectivity index is 2.05. The van der Waals surface area contributed by atoms with Gasteiger partial charge in [-0.1, -0.05) is 13.3 Å². The van der Waals surface area contributed by atoms with E-state index in [-0.39, 0.29) is 5.91 Å². The van der Waals surface area contributed by atoms with Crippen LogP contribution in [0.3, 0.4) is 0 Å². The van der Waals surface area contributed by atoms with Gasteiger partial charge < -0.3 is 14.4 Å². The van der Waals surface area contributed by atoms with Gasteiger partial charge in [0.25, 0.3) is 5.91 Å². The molecule has 1 heterocycles. The lowest BCUT2D eigenvalue weighted by atomic mass is 10.2. The molecule has 2 rings (SSSR count). The lowest BCUT2D eigenvalue weighted by molar-refractivity contribution is -0.125. The number of unbranched alkanes of at least 4 members (excludes halogenated alkanes) is 1. The highest BCUT2D eigenvalue weighted by Gasteiger charge is 2.31. The van der Waals surface area contributed by atoms with Gasteiger partial charge in [0.2, 0.25) is 0 Å². The topological polar surface area (TPSA) is 38.8 Å². The summed E-state index contributed by atoms with van der Waals surface area (Å²) in [5.41, 5.74) is 0.840. The van der Waals surface area contributed by atoms with Gasteiger partial charge in [0.15, 0.2) is 6.10 Å². The van der Waals surface area contributed by atoms with Crippen molar-refractivity contribution >= 4 is 34.2 Å². The predicted octanol–water partition coefficient (Wildman–Crippen LogP) is 3.22. The first kappa shape index (κ1) is 15.6. The SMILES string of the molecule is CCCCOCCN1C(=O)C(C)Oc2cc(I)ccc21. The number of nitrogens with zero attached hydrogens (tertiary/aromatic N) is 1. The summed E-state index contributed by atoms with van der Waals surface area (Å²) in [5, 5.41) is 0. The van der Waals surface area contributed by atoms with Crippen molar-refractivity contribution in [3.63, 3.8) is 0 Å². The second-order valence-corrected chi connectivity index (χ2v) is 6.07. The zero-order chi connectivity index (χ0) is 14.5. The normalized spacial score (nSPS) is 17.9. The van der Waals surface area contributed by atoms with Gasteiger partial charge in [0, 0.05) is 16.7 Å². The number of hydrogen-bond acceptors (Lipinski definition) is 3. The number of anilines is 1. The fourth-order valence-electron chi connectivity index (χ4n) is 2.12. The van der Waals surface area contributed by atoms with Crippen LogP contribution >= 0.6 is 22.6 Å². The van der Waals surface area contributed by atoms with Crippen molar-refractivity contribution in [2.75, 3.05) is 24.7 Å². The van der Waals surface area contributed by atoms with Gasteiger partial charge in [-0.2, -0.15) is 0 Å². The van der Waals surface area contributed by atoms with E-state index < -0.39 is 6.10 Å². The predicted molar refractivity (Wildman–Crippen MR) is 87.3 cm³/mol. The van der Waals surface area contributed by atoms with Crippen LogP contribution in [0.15, 0.2) is 18.2 Å². The average molecular weight is 389 g/mol. The summed E-state index contributed by atoms with van der Waals surface area (Å²) in [5.74, 6) is 0.773. The first-order valence-corrected chi connectivity index (χ1v) is 8.06. The Kier molecular flexibility index (Phi) is 5.65. The quantitative estimate of drug-likeness (QED) is 0.554. The second-order valence-electron chi connectivity index (χ2n) is 4.83. The molecule has 1 atom stereocenters. The third-order valence-electron chi connectivity index (χ3n) is 3.23. The molecule has 20 heavy (non-hydrogen) atoms. The van der Waals surface area contributed by atoms with Crippen LogP contribution in [0.1, 0.15) is 26.7 Å². The summed E-state index contributed by atoms with van der Waals surface area (Å²) in [4.78, 5) is 14.0. The molecule has 1 aliphatic rings. The van der Waals surface area contributed by atoms with Crippen LogP contribution < -0.4 is 9.64 Å². The van der Waals surface area contributed by atoms with Crippen molar-refractivity contribution < 1.29 is 14.3 Å². The maximum absolute atomic E-state index is 12.2. The van der Waals surface area contributed by atoms with Crippen molar-refractivity contribution in [2.45, 2.75) is 32.8 Å². The van der Waals surface area contributed by atoms with Crippen LogP contribution in [0.2, 0.25) is 0 Å². The van der Waals surface area contributed by atoms with Crippen molar-refractivity contribution in [1.82, 2.24) is 0 Å². The molecule has 110 valence electrons. The molecule has 0 radical (unpaired) electrons. The number of rotatable bonds is 6. The summed E-state index contributed by atoms with van der Waals surface area (Å²) in [7, 11) is 0. The highest BCUT2D eigenvalue weighted by atomic mass is 127. The Morgan fingerprint density at radius 3 is 2.95 bits per heavy atom. The first-order valence-electron chi connectivity index (χ1n) is 6.98. The number of amides is 1. The summed E-state index contributed by atoms with van der Waals surface area (Å²) in [6, 6.07) is 5.88. The van der Waals surface area contributed by atoms with E-state index >= 15 is 0 Å². The number of benzene rings is 1. The van der Waals surface area contributed by atoms with Crippen molar-refractivity contribution in [3.05, 3.63) is 21.8 Å². The molecule has 0 N–H and O–H groups in total. The third kappa shape index (κ3) is 3.63. The average Bonchev–Trinajstić information content (AvgIpc) is 2.42. The monoisotopic (exact) mass is 389 g/mol. The number of carbonyl (C=O) groups excluding carboxylic acids is 1. The fraction of sp³-hybridized carbons (Fsp3) is 0.533. The van der Waals surface area contributed by atoms with Crippen molar-refractivity contribution in [3.8, 4) is 5.75 Å². The van der Waals surface area contributed by atoms with Gasteiger partial charge in [0.1, 0.15) is 5.75 Å². The zero-order valence-corrected chi connectivity index (χ0v) is 14.1. The fourth-order valence-corrected chi connectivity index (χ4v) is 2.58. The number of ether oxygens (including phenoxy) is 2. The Hall–Kier alpha value is -0.820. The van der Waals surface area contributed by atoms with Gasteiger partial charge in [-0.05, 0) is 54.1 Å². The third-order valence-corrected chi connectivity index (χ3v) is 3.90.